The number of hydrogen-bond donors (Lipinski definition) is 0. The largest absolute Gasteiger partial charge is 0.268 e. The van der Waals surface area contributed by atoms with E-state index in [2.05, 4.69) is 11.1 Å². The van der Waals surface area contributed by atoms with Gasteiger partial charge in [0.2, 0.25) is 0 Å². The molecule has 0 amide bonds. The van der Waals surface area contributed by atoms with Crippen LogP contribution in [-0.2, 0) is 0 Å². The Morgan fingerprint density at radius 2 is 2.57 bits per heavy atom. The zero-order chi connectivity index (χ0) is 4.69. The fraction of sp³-hybridized carbons (Fsp3) is 0.167. The van der Waals surface area contributed by atoms with Gasteiger partial charge in [-0.15, -0.1) is 0 Å². The third-order valence-electron chi connectivity index (χ3n) is 1.25. The lowest BCUT2D eigenvalue weighted by molar-refractivity contribution is 1.28. The molecule has 1 heteroatoms. The highest BCUT2D eigenvalue weighted by atomic mass is 14.7. The van der Waals surface area contributed by atoms with Gasteiger partial charge in [-0.25, -0.2) is 0 Å². The number of rotatable bonds is 0. The molecule has 1 heterocycles. The molecule has 1 aliphatic carbocycles. The van der Waals surface area contributed by atoms with Gasteiger partial charge in [-0.2, -0.15) is 0 Å². The highest BCUT2D eigenvalue weighted by Crippen LogP contribution is 2.29. The maximum absolute atomic E-state index is 3.94. The minimum atomic E-state index is 0.616. The van der Waals surface area contributed by atoms with Crippen LogP contribution in [0.25, 0.3) is 0 Å². The molecule has 7 heavy (non-hydrogen) atoms. The predicted molar refractivity (Wildman–Crippen MR) is 29.2 cm³/mol. The van der Waals surface area contributed by atoms with Gasteiger partial charge in [-0.3, -0.25) is 4.99 Å². The number of hydrogen-bond acceptors (Lipinski definition) is 1. The van der Waals surface area contributed by atoms with E-state index in [9.17, 15) is 0 Å². The Kier molecular flexibility index (Phi) is 0.392. The zero-order valence-electron chi connectivity index (χ0n) is 3.83. The maximum atomic E-state index is 3.94. The van der Waals surface area contributed by atoms with Crippen LogP contribution in [0.15, 0.2) is 28.9 Å². The van der Waals surface area contributed by atoms with Crippen LogP contribution in [0.3, 0.4) is 0 Å². The van der Waals surface area contributed by atoms with Crippen molar-refractivity contribution in [3.8, 4) is 0 Å². The first-order valence-electron chi connectivity index (χ1n) is 2.38. The number of aliphatic imine (C=N–C) groups is 1. The molecule has 0 aromatic heterocycles. The van der Waals surface area contributed by atoms with Crippen LogP contribution in [0.5, 0.6) is 0 Å². The SMILES string of the molecule is C1=CC2=CC2C=N1. The van der Waals surface area contributed by atoms with E-state index < -0.39 is 0 Å². The summed E-state index contributed by atoms with van der Waals surface area (Å²) in [5.41, 5.74) is 1.43. The van der Waals surface area contributed by atoms with Crippen LogP contribution < -0.4 is 0 Å². The average Bonchev–Trinajstić information content (AvgIpc) is 2.41. The van der Waals surface area contributed by atoms with Crippen LogP contribution in [-0.4, -0.2) is 6.21 Å². The molecule has 1 unspecified atom stereocenters. The Hall–Kier alpha value is -0.850. The van der Waals surface area contributed by atoms with Gasteiger partial charge in [0.05, 0.1) is 0 Å². The normalized spacial score (nSPS) is 32.0. The molecule has 0 bridgehead atoms. The summed E-state index contributed by atoms with van der Waals surface area (Å²) in [6, 6.07) is 0. The fourth-order valence-corrected chi connectivity index (χ4v) is 0.727. The first-order chi connectivity index (χ1) is 3.47. The summed E-state index contributed by atoms with van der Waals surface area (Å²) < 4.78 is 0. The fourth-order valence-electron chi connectivity index (χ4n) is 0.727. The van der Waals surface area contributed by atoms with E-state index in [0.717, 1.165) is 0 Å². The summed E-state index contributed by atoms with van der Waals surface area (Å²) in [6.07, 6.45) is 8.02. The van der Waals surface area contributed by atoms with Crippen molar-refractivity contribution < 1.29 is 0 Å². The summed E-state index contributed by atoms with van der Waals surface area (Å²) in [4.78, 5) is 3.94. The van der Waals surface area contributed by atoms with Gasteiger partial charge in [0, 0.05) is 18.3 Å². The number of nitrogens with zero attached hydrogens (tertiary/aromatic N) is 1. The topological polar surface area (TPSA) is 12.4 Å². The molecule has 34 valence electrons. The molecule has 0 spiro atoms. The molecule has 0 N–H and O–H groups in total. The lowest BCUT2D eigenvalue weighted by Crippen LogP contribution is -1.82. The summed E-state index contributed by atoms with van der Waals surface area (Å²) in [6.45, 7) is 0. The second kappa shape index (κ2) is 0.861. The van der Waals surface area contributed by atoms with E-state index in [-0.39, 0.29) is 0 Å². The highest BCUT2D eigenvalue weighted by Gasteiger charge is 2.20. The summed E-state index contributed by atoms with van der Waals surface area (Å²) in [5, 5.41) is 0. The first-order valence-corrected chi connectivity index (χ1v) is 2.38. The first kappa shape index (κ1) is 3.19. The van der Waals surface area contributed by atoms with E-state index in [1.54, 1.807) is 0 Å². The molecule has 0 radical (unpaired) electrons. The lowest BCUT2D eigenvalue weighted by atomic mass is 10.3. The second-order valence-electron chi connectivity index (χ2n) is 1.81. The number of fused-ring (bicyclic) bond motifs is 1. The van der Waals surface area contributed by atoms with Crippen molar-refractivity contribution in [1.82, 2.24) is 0 Å². The Bertz CT molecular complexity index is 175. The lowest BCUT2D eigenvalue weighted by Gasteiger charge is -1.87. The molecule has 2 aliphatic rings. The number of allylic oxidation sites excluding steroid dienone is 3. The van der Waals surface area contributed by atoms with Crippen molar-refractivity contribution in [2.24, 2.45) is 10.9 Å². The highest BCUT2D eigenvalue weighted by molar-refractivity contribution is 5.78. The van der Waals surface area contributed by atoms with Crippen molar-refractivity contribution in [2.75, 3.05) is 0 Å². The molecule has 0 saturated carbocycles. The van der Waals surface area contributed by atoms with Crippen LogP contribution in [0, 0.1) is 5.92 Å². The Morgan fingerprint density at radius 1 is 1.57 bits per heavy atom. The summed E-state index contributed by atoms with van der Waals surface area (Å²) >= 11 is 0. The van der Waals surface area contributed by atoms with Crippen molar-refractivity contribution in [2.45, 2.75) is 0 Å². The van der Waals surface area contributed by atoms with Crippen molar-refractivity contribution in [3.63, 3.8) is 0 Å². The van der Waals surface area contributed by atoms with Gasteiger partial charge in [-0.05, 0) is 11.6 Å². The second-order valence-corrected chi connectivity index (χ2v) is 1.81. The zero-order valence-corrected chi connectivity index (χ0v) is 3.83. The maximum Gasteiger partial charge on any atom is 0.0377 e. The monoisotopic (exact) mass is 91.0 g/mol. The standard InChI is InChI=1S/C6H5N/c1-2-7-4-6-3-5(1)6/h1-4,6H. The average molecular weight is 91.1 g/mol. The minimum Gasteiger partial charge on any atom is -0.268 e. The molecule has 0 saturated heterocycles. The molecule has 1 aliphatic heterocycles. The predicted octanol–water partition coefficient (Wildman–Crippen LogP) is 1.14. The Balaban J connectivity index is 2.38. The molecule has 0 aromatic carbocycles. The molecule has 0 fully saturated rings. The third-order valence-corrected chi connectivity index (χ3v) is 1.25. The molecular weight excluding hydrogens is 86.1 g/mol. The van der Waals surface area contributed by atoms with Crippen LogP contribution >= 0.6 is 0 Å². The third kappa shape index (κ3) is 0.346. The molecule has 1 nitrogen and oxygen atoms in total. The Morgan fingerprint density at radius 3 is 3.14 bits per heavy atom. The van der Waals surface area contributed by atoms with Gasteiger partial charge in [-0.1, -0.05) is 6.08 Å². The molecule has 1 atom stereocenters. The molecule has 0 aromatic rings. The minimum absolute atomic E-state index is 0.616. The van der Waals surface area contributed by atoms with E-state index in [4.69, 9.17) is 0 Å². The Labute approximate surface area is 42.1 Å². The van der Waals surface area contributed by atoms with Crippen LogP contribution in [0.1, 0.15) is 0 Å². The molecular formula is C6H5N. The van der Waals surface area contributed by atoms with Crippen molar-refractivity contribution in [1.29, 1.82) is 0 Å². The van der Waals surface area contributed by atoms with Gasteiger partial charge in [0.15, 0.2) is 0 Å². The van der Waals surface area contributed by atoms with Gasteiger partial charge in [0.1, 0.15) is 0 Å². The van der Waals surface area contributed by atoms with Crippen molar-refractivity contribution in [3.05, 3.63) is 23.9 Å². The quantitative estimate of drug-likeness (QED) is 0.424. The van der Waals surface area contributed by atoms with Gasteiger partial charge < -0.3 is 0 Å². The van der Waals surface area contributed by atoms with E-state index in [1.165, 1.54) is 5.57 Å². The summed E-state index contributed by atoms with van der Waals surface area (Å²) in [5.74, 6) is 0.616. The van der Waals surface area contributed by atoms with Gasteiger partial charge in [0.25, 0.3) is 0 Å². The van der Waals surface area contributed by atoms with E-state index in [1.807, 2.05) is 18.5 Å². The van der Waals surface area contributed by atoms with Crippen LogP contribution in [0.2, 0.25) is 0 Å². The van der Waals surface area contributed by atoms with Crippen molar-refractivity contribution >= 4 is 6.21 Å². The van der Waals surface area contributed by atoms with E-state index in [0.29, 0.717) is 5.92 Å². The molecule has 2 rings (SSSR count). The van der Waals surface area contributed by atoms with Gasteiger partial charge >= 0.3 is 0 Å². The summed E-state index contributed by atoms with van der Waals surface area (Å²) in [7, 11) is 0. The smallest absolute Gasteiger partial charge is 0.0377 e. The van der Waals surface area contributed by atoms with Crippen LogP contribution in [0.4, 0.5) is 0 Å². The van der Waals surface area contributed by atoms with E-state index >= 15 is 0 Å².